The Balaban J connectivity index is 2.29. The van der Waals surface area contributed by atoms with Gasteiger partial charge >= 0.3 is 6.09 Å². The summed E-state index contributed by atoms with van der Waals surface area (Å²) in [5.41, 5.74) is 6.88. The van der Waals surface area contributed by atoms with Gasteiger partial charge in [0, 0.05) is 12.0 Å². The van der Waals surface area contributed by atoms with Crippen LogP contribution in [0.4, 0.5) is 10.5 Å². The van der Waals surface area contributed by atoms with E-state index >= 15 is 0 Å². The van der Waals surface area contributed by atoms with Crippen LogP contribution in [-0.4, -0.2) is 32.0 Å². The van der Waals surface area contributed by atoms with Crippen LogP contribution in [-0.2, 0) is 4.74 Å². The van der Waals surface area contributed by atoms with Gasteiger partial charge in [0.25, 0.3) is 0 Å². The van der Waals surface area contributed by atoms with Crippen molar-refractivity contribution in [2.75, 3.05) is 19.5 Å². The predicted molar refractivity (Wildman–Crippen MR) is 84.7 cm³/mol. The Hall–Kier alpha value is -1.95. The van der Waals surface area contributed by atoms with Crippen molar-refractivity contribution in [3.63, 3.8) is 0 Å². The van der Waals surface area contributed by atoms with Crippen LogP contribution in [0.3, 0.4) is 0 Å². The molecule has 0 heterocycles. The first-order chi connectivity index (χ1) is 10.2. The van der Waals surface area contributed by atoms with Gasteiger partial charge in [0.05, 0.1) is 19.9 Å². The lowest BCUT2D eigenvalue weighted by Crippen LogP contribution is -2.27. The van der Waals surface area contributed by atoms with Gasteiger partial charge in [-0.15, -0.1) is 0 Å². The Morgan fingerprint density at radius 1 is 1.27 bits per heavy atom. The van der Waals surface area contributed by atoms with E-state index in [1.807, 2.05) is 32.9 Å². The fourth-order valence-electron chi connectivity index (χ4n) is 2.30. The van der Waals surface area contributed by atoms with Crippen molar-refractivity contribution in [1.82, 2.24) is 0 Å². The Kier molecular flexibility index (Phi) is 4.51. The molecule has 2 atom stereocenters. The highest BCUT2D eigenvalue weighted by Crippen LogP contribution is 2.45. The molecule has 0 aliphatic heterocycles. The van der Waals surface area contributed by atoms with Gasteiger partial charge < -0.3 is 19.9 Å². The lowest BCUT2D eigenvalue weighted by atomic mass is 10.1. The highest BCUT2D eigenvalue weighted by Gasteiger charge is 2.36. The van der Waals surface area contributed by atoms with E-state index in [9.17, 15) is 4.79 Å². The molecule has 0 bridgehead atoms. The van der Waals surface area contributed by atoms with Crippen molar-refractivity contribution >= 4 is 11.8 Å². The van der Waals surface area contributed by atoms with Crippen molar-refractivity contribution in [1.29, 1.82) is 0 Å². The third-order valence-corrected chi connectivity index (χ3v) is 3.40. The molecule has 1 aliphatic carbocycles. The molecule has 6 heteroatoms. The molecule has 6 nitrogen and oxygen atoms in total. The zero-order valence-electron chi connectivity index (χ0n) is 13.7. The average molecular weight is 308 g/mol. The van der Waals surface area contributed by atoms with Crippen molar-refractivity contribution in [3.05, 3.63) is 17.7 Å². The fourth-order valence-corrected chi connectivity index (χ4v) is 2.30. The number of hydrogen-bond acceptors (Lipinski definition) is 5. The number of rotatable bonds is 4. The van der Waals surface area contributed by atoms with Gasteiger partial charge in [-0.1, -0.05) is 0 Å². The summed E-state index contributed by atoms with van der Waals surface area (Å²) in [7, 11) is 3.09. The van der Waals surface area contributed by atoms with E-state index in [4.69, 9.17) is 19.9 Å². The van der Waals surface area contributed by atoms with Gasteiger partial charge in [-0.05, 0) is 44.9 Å². The zero-order chi connectivity index (χ0) is 16.5. The second-order valence-electron chi connectivity index (χ2n) is 6.44. The number of methoxy groups -OCH3 is 2. The highest BCUT2D eigenvalue weighted by atomic mass is 16.6. The number of ether oxygens (including phenoxy) is 3. The third kappa shape index (κ3) is 3.82. The topological polar surface area (TPSA) is 82.8 Å². The number of nitrogens with one attached hydrogen (secondary N) is 1. The van der Waals surface area contributed by atoms with E-state index < -0.39 is 11.7 Å². The highest BCUT2D eigenvalue weighted by molar-refractivity contribution is 5.88. The monoisotopic (exact) mass is 308 g/mol. The van der Waals surface area contributed by atoms with Gasteiger partial charge in [0.1, 0.15) is 5.60 Å². The van der Waals surface area contributed by atoms with Crippen molar-refractivity contribution in [2.24, 2.45) is 5.73 Å². The molecule has 1 saturated carbocycles. The van der Waals surface area contributed by atoms with Crippen LogP contribution in [0.2, 0.25) is 0 Å². The minimum atomic E-state index is -0.572. The van der Waals surface area contributed by atoms with Crippen LogP contribution in [0.15, 0.2) is 12.1 Å². The van der Waals surface area contributed by atoms with Crippen LogP contribution in [0.1, 0.15) is 38.7 Å². The van der Waals surface area contributed by atoms with Crippen LogP contribution < -0.4 is 20.5 Å². The molecule has 2 rings (SSSR count). The summed E-state index contributed by atoms with van der Waals surface area (Å²) in [6.45, 7) is 5.43. The molecule has 1 fully saturated rings. The second kappa shape index (κ2) is 6.04. The van der Waals surface area contributed by atoms with E-state index in [-0.39, 0.29) is 6.04 Å². The van der Waals surface area contributed by atoms with Crippen LogP contribution >= 0.6 is 0 Å². The van der Waals surface area contributed by atoms with Gasteiger partial charge in [-0.25, -0.2) is 4.79 Å². The second-order valence-corrected chi connectivity index (χ2v) is 6.44. The molecule has 0 saturated heterocycles. The Morgan fingerprint density at radius 3 is 2.36 bits per heavy atom. The molecule has 0 spiro atoms. The lowest BCUT2D eigenvalue weighted by molar-refractivity contribution is 0.0635. The molecule has 2 unspecified atom stereocenters. The number of nitrogens with two attached hydrogens (primary N) is 1. The van der Waals surface area contributed by atoms with E-state index in [2.05, 4.69) is 5.32 Å². The summed E-state index contributed by atoms with van der Waals surface area (Å²) in [6.07, 6.45) is 0.395. The normalized spacial score (nSPS) is 20.3. The minimum absolute atomic E-state index is 0.160. The van der Waals surface area contributed by atoms with Crippen molar-refractivity contribution in [3.8, 4) is 11.5 Å². The quantitative estimate of drug-likeness (QED) is 0.893. The van der Waals surface area contributed by atoms with Gasteiger partial charge in [0.2, 0.25) is 0 Å². The third-order valence-electron chi connectivity index (χ3n) is 3.40. The molecule has 0 aromatic heterocycles. The maximum atomic E-state index is 12.0. The SMILES string of the molecule is COc1cc(C2CC2N)cc(NC(=O)OC(C)(C)C)c1OC. The maximum Gasteiger partial charge on any atom is 0.412 e. The Morgan fingerprint density at radius 2 is 1.91 bits per heavy atom. The molecule has 1 amide bonds. The van der Waals surface area contributed by atoms with Crippen LogP contribution in [0, 0.1) is 0 Å². The first-order valence-electron chi connectivity index (χ1n) is 7.26. The van der Waals surface area contributed by atoms with Crippen molar-refractivity contribution < 1.29 is 19.0 Å². The zero-order valence-corrected chi connectivity index (χ0v) is 13.7. The average Bonchev–Trinajstić information content (AvgIpc) is 3.12. The van der Waals surface area contributed by atoms with Gasteiger partial charge in [-0.3, -0.25) is 5.32 Å². The van der Waals surface area contributed by atoms with E-state index in [0.29, 0.717) is 23.1 Å². The molecule has 1 aliphatic rings. The number of carbonyl (C=O) groups is 1. The van der Waals surface area contributed by atoms with Gasteiger partial charge in [-0.2, -0.15) is 0 Å². The van der Waals surface area contributed by atoms with Crippen LogP contribution in [0.5, 0.6) is 11.5 Å². The minimum Gasteiger partial charge on any atom is -0.493 e. The lowest BCUT2D eigenvalue weighted by Gasteiger charge is -2.21. The molecule has 0 radical (unpaired) electrons. The summed E-state index contributed by atoms with van der Waals surface area (Å²) in [5.74, 6) is 1.32. The van der Waals surface area contributed by atoms with E-state index in [0.717, 1.165) is 12.0 Å². The maximum absolute atomic E-state index is 12.0. The predicted octanol–water partition coefficient (Wildman–Crippen LogP) is 2.87. The number of hydrogen-bond donors (Lipinski definition) is 2. The van der Waals surface area contributed by atoms with Crippen molar-refractivity contribution in [2.45, 2.75) is 44.8 Å². The summed E-state index contributed by atoms with van der Waals surface area (Å²) < 4.78 is 16.0. The number of anilines is 1. The smallest absolute Gasteiger partial charge is 0.412 e. The van der Waals surface area contributed by atoms with E-state index in [1.54, 1.807) is 7.11 Å². The number of benzene rings is 1. The summed E-state index contributed by atoms with van der Waals surface area (Å²) in [5, 5.41) is 2.72. The number of amides is 1. The van der Waals surface area contributed by atoms with E-state index in [1.165, 1.54) is 7.11 Å². The molecule has 22 heavy (non-hydrogen) atoms. The molecule has 3 N–H and O–H groups in total. The summed E-state index contributed by atoms with van der Waals surface area (Å²) in [4.78, 5) is 12.0. The fraction of sp³-hybridized carbons (Fsp3) is 0.562. The Labute approximate surface area is 130 Å². The molecule has 122 valence electrons. The summed E-state index contributed by atoms with van der Waals surface area (Å²) in [6, 6.07) is 3.92. The largest absolute Gasteiger partial charge is 0.493 e. The Bertz CT molecular complexity index is 566. The van der Waals surface area contributed by atoms with Crippen LogP contribution in [0.25, 0.3) is 0 Å². The molecule has 1 aromatic carbocycles. The first kappa shape index (κ1) is 16.4. The van der Waals surface area contributed by atoms with Gasteiger partial charge in [0.15, 0.2) is 11.5 Å². The summed E-state index contributed by atoms with van der Waals surface area (Å²) >= 11 is 0. The first-order valence-corrected chi connectivity index (χ1v) is 7.26. The molecular formula is C16H24N2O4. The standard InChI is InChI=1S/C16H24N2O4/c1-16(2,3)22-15(19)18-12-6-9(10-8-11(10)17)7-13(20-4)14(12)21-5/h6-7,10-11H,8,17H2,1-5H3,(H,18,19). The molecular weight excluding hydrogens is 284 g/mol. The number of carbonyl (C=O) groups excluding carboxylic acids is 1. The molecule has 1 aromatic rings.